The highest BCUT2D eigenvalue weighted by molar-refractivity contribution is 7.91. The van der Waals surface area contributed by atoms with Gasteiger partial charge in [-0.05, 0) is 38.1 Å². The zero-order chi connectivity index (χ0) is 14.8. The van der Waals surface area contributed by atoms with Crippen LogP contribution in [0.5, 0.6) is 0 Å². The molecule has 0 saturated carbocycles. The Morgan fingerprint density at radius 2 is 1.35 bits per heavy atom. The zero-order valence-corrected chi connectivity index (χ0v) is 12.2. The molecule has 1 atom stereocenters. The van der Waals surface area contributed by atoms with Crippen molar-refractivity contribution in [1.29, 1.82) is 0 Å². The molecule has 20 heavy (non-hydrogen) atoms. The lowest BCUT2D eigenvalue weighted by Crippen LogP contribution is -2.10. The van der Waals surface area contributed by atoms with Gasteiger partial charge in [0.2, 0.25) is 0 Å². The van der Waals surface area contributed by atoms with Crippen molar-refractivity contribution in [3.63, 3.8) is 0 Å². The van der Waals surface area contributed by atoms with E-state index in [1.807, 2.05) is 26.0 Å². The van der Waals surface area contributed by atoms with Gasteiger partial charge in [-0.25, -0.2) is 15.0 Å². The molecule has 2 rings (SSSR count). The molecule has 0 spiro atoms. The molecule has 0 aliphatic heterocycles. The average Bonchev–Trinajstić information content (AvgIpc) is 2.42. The fourth-order valence-corrected chi connectivity index (χ4v) is 3.34. The van der Waals surface area contributed by atoms with Crippen molar-refractivity contribution < 1.29 is 8.42 Å². The normalized spacial score (nSPS) is 12.7. The fraction of sp³-hybridized carbons (Fsp3) is 0.188. The standard InChI is InChI=1S/C16H15NO2S/c1-12-4-8-14(9-5-12)16(17-3)20(18,19)15-10-6-13(2)7-11-15/h4-11,16H,1-2H3/t16-/m0/s1. The summed E-state index contributed by atoms with van der Waals surface area (Å²) in [4.78, 5) is 3.51. The summed E-state index contributed by atoms with van der Waals surface area (Å²) in [7, 11) is -3.69. The van der Waals surface area contributed by atoms with Crippen LogP contribution in [0, 0.1) is 20.4 Å². The van der Waals surface area contributed by atoms with Crippen molar-refractivity contribution in [1.82, 2.24) is 0 Å². The molecule has 2 aromatic rings. The molecule has 102 valence electrons. The van der Waals surface area contributed by atoms with Gasteiger partial charge in [0.25, 0.3) is 9.84 Å². The summed E-state index contributed by atoms with van der Waals surface area (Å²) in [5.41, 5.74) is 2.52. The number of hydrogen-bond donors (Lipinski definition) is 0. The van der Waals surface area contributed by atoms with Gasteiger partial charge in [-0.3, -0.25) is 4.85 Å². The molecule has 4 heteroatoms. The first-order chi connectivity index (χ1) is 9.45. The van der Waals surface area contributed by atoms with Gasteiger partial charge in [-0.15, -0.1) is 0 Å². The van der Waals surface area contributed by atoms with Crippen LogP contribution in [0.15, 0.2) is 53.4 Å². The van der Waals surface area contributed by atoms with Crippen LogP contribution in [0.4, 0.5) is 0 Å². The van der Waals surface area contributed by atoms with E-state index in [0.717, 1.165) is 11.1 Å². The minimum Gasteiger partial charge on any atom is -0.291 e. The van der Waals surface area contributed by atoms with Gasteiger partial charge in [-0.2, -0.15) is 0 Å². The summed E-state index contributed by atoms with van der Waals surface area (Å²) in [6.45, 7) is 11.1. The monoisotopic (exact) mass is 285 g/mol. The van der Waals surface area contributed by atoms with Crippen LogP contribution in [-0.4, -0.2) is 8.42 Å². The lowest BCUT2D eigenvalue weighted by Gasteiger charge is -2.08. The van der Waals surface area contributed by atoms with Crippen LogP contribution in [0.1, 0.15) is 22.1 Å². The van der Waals surface area contributed by atoms with E-state index in [1.165, 1.54) is 0 Å². The number of hydrogen-bond acceptors (Lipinski definition) is 2. The van der Waals surface area contributed by atoms with Crippen LogP contribution in [0.2, 0.25) is 0 Å². The molecule has 0 unspecified atom stereocenters. The number of aryl methyl sites for hydroxylation is 2. The Morgan fingerprint density at radius 3 is 1.80 bits per heavy atom. The highest BCUT2D eigenvalue weighted by Gasteiger charge is 2.34. The molecule has 0 fully saturated rings. The van der Waals surface area contributed by atoms with Crippen molar-refractivity contribution in [3.05, 3.63) is 76.6 Å². The second kappa shape index (κ2) is 5.48. The maximum absolute atomic E-state index is 12.5. The molecule has 0 bridgehead atoms. The first-order valence-electron chi connectivity index (χ1n) is 6.19. The third-order valence-electron chi connectivity index (χ3n) is 3.12. The Morgan fingerprint density at radius 1 is 0.900 bits per heavy atom. The van der Waals surface area contributed by atoms with Crippen LogP contribution in [0.25, 0.3) is 4.85 Å². The maximum Gasteiger partial charge on any atom is 0.350 e. The molecule has 0 N–H and O–H groups in total. The van der Waals surface area contributed by atoms with Crippen LogP contribution in [-0.2, 0) is 9.84 Å². The van der Waals surface area contributed by atoms with Gasteiger partial charge in [0.15, 0.2) is 0 Å². The number of rotatable bonds is 3. The Labute approximate surface area is 119 Å². The molecule has 2 aromatic carbocycles. The molecule has 0 aromatic heterocycles. The van der Waals surface area contributed by atoms with E-state index in [4.69, 9.17) is 6.57 Å². The van der Waals surface area contributed by atoms with Crippen LogP contribution < -0.4 is 0 Å². The van der Waals surface area contributed by atoms with Gasteiger partial charge in [0.1, 0.15) is 0 Å². The molecule has 0 heterocycles. The van der Waals surface area contributed by atoms with Crippen LogP contribution >= 0.6 is 0 Å². The molecule has 0 saturated heterocycles. The highest BCUT2D eigenvalue weighted by Crippen LogP contribution is 2.30. The lowest BCUT2D eigenvalue weighted by molar-refractivity contribution is 0.590. The Hall–Kier alpha value is -2.12. The topological polar surface area (TPSA) is 38.5 Å². The van der Waals surface area contributed by atoms with Gasteiger partial charge in [-0.1, -0.05) is 35.4 Å². The first kappa shape index (κ1) is 14.3. The van der Waals surface area contributed by atoms with Gasteiger partial charge < -0.3 is 0 Å². The quantitative estimate of drug-likeness (QED) is 0.807. The number of sulfone groups is 1. The average molecular weight is 285 g/mol. The SMILES string of the molecule is [C-]#[N+][C@H](c1ccc(C)cc1)S(=O)(=O)c1ccc(C)cc1. The van der Waals surface area contributed by atoms with E-state index < -0.39 is 15.2 Å². The first-order valence-corrected chi connectivity index (χ1v) is 7.73. The molecule has 0 aliphatic carbocycles. The number of nitrogens with zero attached hydrogens (tertiary/aromatic N) is 1. The molecule has 0 amide bonds. The minimum atomic E-state index is -3.69. The maximum atomic E-state index is 12.5. The largest absolute Gasteiger partial charge is 0.350 e. The smallest absolute Gasteiger partial charge is 0.291 e. The van der Waals surface area contributed by atoms with E-state index in [9.17, 15) is 8.42 Å². The highest BCUT2D eigenvalue weighted by atomic mass is 32.2. The Balaban J connectivity index is 2.48. The van der Waals surface area contributed by atoms with Crippen molar-refractivity contribution in [2.24, 2.45) is 0 Å². The zero-order valence-electron chi connectivity index (χ0n) is 11.4. The predicted molar refractivity (Wildman–Crippen MR) is 78.9 cm³/mol. The Kier molecular flexibility index (Phi) is 3.91. The Bertz CT molecular complexity index is 739. The molecular formula is C16H15NO2S. The summed E-state index contributed by atoms with van der Waals surface area (Å²) in [5, 5.41) is -1.19. The summed E-state index contributed by atoms with van der Waals surface area (Å²) in [5.74, 6) is 0. The van der Waals surface area contributed by atoms with Crippen molar-refractivity contribution >= 4 is 9.84 Å². The van der Waals surface area contributed by atoms with E-state index >= 15 is 0 Å². The molecule has 3 nitrogen and oxygen atoms in total. The van der Waals surface area contributed by atoms with Gasteiger partial charge in [0.05, 0.1) is 10.5 Å². The van der Waals surface area contributed by atoms with Crippen LogP contribution in [0.3, 0.4) is 0 Å². The summed E-state index contributed by atoms with van der Waals surface area (Å²) < 4.78 is 25.1. The van der Waals surface area contributed by atoms with E-state index in [-0.39, 0.29) is 4.90 Å². The fourth-order valence-electron chi connectivity index (χ4n) is 1.91. The predicted octanol–water partition coefficient (Wildman–Crippen LogP) is 3.70. The van der Waals surface area contributed by atoms with E-state index in [0.29, 0.717) is 5.56 Å². The van der Waals surface area contributed by atoms with Crippen molar-refractivity contribution in [2.45, 2.75) is 24.1 Å². The van der Waals surface area contributed by atoms with E-state index in [2.05, 4.69) is 4.85 Å². The summed E-state index contributed by atoms with van der Waals surface area (Å²) >= 11 is 0. The third kappa shape index (κ3) is 2.73. The van der Waals surface area contributed by atoms with Crippen molar-refractivity contribution in [2.75, 3.05) is 0 Å². The van der Waals surface area contributed by atoms with Gasteiger partial charge >= 0.3 is 5.37 Å². The molecule has 0 aliphatic rings. The molecular weight excluding hydrogens is 270 g/mol. The summed E-state index contributed by atoms with van der Waals surface area (Å²) in [6, 6.07) is 13.6. The van der Waals surface area contributed by atoms with Gasteiger partial charge in [0, 0.05) is 0 Å². The second-order valence-electron chi connectivity index (χ2n) is 4.75. The second-order valence-corrected chi connectivity index (χ2v) is 6.76. The van der Waals surface area contributed by atoms with Crippen molar-refractivity contribution in [3.8, 4) is 0 Å². The summed E-state index contributed by atoms with van der Waals surface area (Å²) in [6.07, 6.45) is 0. The van der Waals surface area contributed by atoms with E-state index in [1.54, 1.807) is 36.4 Å². The number of benzene rings is 2. The molecule has 0 radical (unpaired) electrons. The third-order valence-corrected chi connectivity index (χ3v) is 5.02. The lowest BCUT2D eigenvalue weighted by atomic mass is 10.1. The minimum absolute atomic E-state index is 0.185.